The Kier molecular flexibility index (Phi) is 9.15. The number of likely N-dealkylation sites (N-methyl/N-ethyl adjacent to an activating group) is 1. The number of carbonyl (C=O) groups is 1. The van der Waals surface area contributed by atoms with Crippen molar-refractivity contribution in [1.29, 1.82) is 0 Å². The van der Waals surface area contributed by atoms with Crippen LogP contribution in [-0.4, -0.2) is 52.3 Å². The second-order valence-electron chi connectivity index (χ2n) is 7.88. The molecular weight excluding hydrogens is 408 g/mol. The molecule has 0 saturated carbocycles. The maximum atomic E-state index is 12.8. The zero-order valence-electron chi connectivity index (χ0n) is 18.7. The average molecular weight is 443 g/mol. The lowest BCUT2D eigenvalue weighted by molar-refractivity contribution is -0.118. The second-order valence-corrected chi connectivity index (χ2v) is 8.85. The van der Waals surface area contributed by atoms with Crippen molar-refractivity contribution in [1.82, 2.24) is 19.8 Å². The van der Waals surface area contributed by atoms with Gasteiger partial charge in [0, 0.05) is 30.9 Å². The maximum Gasteiger partial charge on any atom is 0.348 e. The van der Waals surface area contributed by atoms with Crippen LogP contribution in [0.15, 0.2) is 40.2 Å². The van der Waals surface area contributed by atoms with E-state index in [1.807, 2.05) is 22.8 Å². The predicted molar refractivity (Wildman–Crippen MR) is 127 cm³/mol. The van der Waals surface area contributed by atoms with Crippen molar-refractivity contribution in [2.75, 3.05) is 31.9 Å². The molecule has 0 unspecified atom stereocenters. The first-order valence-electron chi connectivity index (χ1n) is 11.4. The van der Waals surface area contributed by atoms with Crippen molar-refractivity contribution < 1.29 is 4.79 Å². The standard InChI is InChI=1S/C24H34N4O2S/c1-3-27(4-2)16-17-28-21-13-9-8-12-20(21)23(26-24(28)30)31-18-22(29)25-15-14-19-10-6-5-7-11-19/h5-7,10-11H,3-4,8-9,12-18H2,1-2H3,(H,25,29). The molecule has 1 aromatic heterocycles. The highest BCUT2D eigenvalue weighted by molar-refractivity contribution is 7.99. The lowest BCUT2D eigenvalue weighted by atomic mass is 9.97. The highest BCUT2D eigenvalue weighted by Gasteiger charge is 2.21. The van der Waals surface area contributed by atoms with Crippen molar-refractivity contribution in [3.05, 3.63) is 57.6 Å². The topological polar surface area (TPSA) is 67.2 Å². The van der Waals surface area contributed by atoms with Gasteiger partial charge in [-0.15, -0.1) is 0 Å². The van der Waals surface area contributed by atoms with Gasteiger partial charge in [-0.2, -0.15) is 4.98 Å². The Labute approximate surface area is 189 Å². The van der Waals surface area contributed by atoms with Gasteiger partial charge >= 0.3 is 5.69 Å². The van der Waals surface area contributed by atoms with Gasteiger partial charge in [-0.1, -0.05) is 55.9 Å². The molecular formula is C24H34N4O2S. The predicted octanol–water partition coefficient (Wildman–Crippen LogP) is 2.91. The molecule has 0 aliphatic heterocycles. The minimum atomic E-state index is -0.181. The Bertz CT molecular complexity index is 910. The maximum absolute atomic E-state index is 12.8. The molecule has 1 heterocycles. The summed E-state index contributed by atoms with van der Waals surface area (Å²) in [6.45, 7) is 8.40. The lowest BCUT2D eigenvalue weighted by Gasteiger charge is -2.24. The van der Waals surface area contributed by atoms with Crippen LogP contribution < -0.4 is 11.0 Å². The van der Waals surface area contributed by atoms with Gasteiger partial charge in [-0.25, -0.2) is 4.79 Å². The molecule has 0 bridgehead atoms. The van der Waals surface area contributed by atoms with Gasteiger partial charge in [-0.3, -0.25) is 9.36 Å². The molecule has 1 amide bonds. The van der Waals surface area contributed by atoms with Crippen molar-refractivity contribution in [3.8, 4) is 0 Å². The van der Waals surface area contributed by atoms with Crippen LogP contribution in [-0.2, 0) is 30.6 Å². The molecule has 3 rings (SSSR count). The molecule has 7 heteroatoms. The first-order valence-corrected chi connectivity index (χ1v) is 12.4. The zero-order valence-corrected chi connectivity index (χ0v) is 19.5. The third-order valence-corrected chi connectivity index (χ3v) is 6.92. The van der Waals surface area contributed by atoms with E-state index in [-0.39, 0.29) is 17.3 Å². The monoisotopic (exact) mass is 442 g/mol. The molecule has 31 heavy (non-hydrogen) atoms. The van der Waals surface area contributed by atoms with Crippen LogP contribution in [0.1, 0.15) is 43.5 Å². The van der Waals surface area contributed by atoms with E-state index in [0.29, 0.717) is 13.1 Å². The number of benzene rings is 1. The SMILES string of the molecule is CCN(CC)CCn1c2c(c(SCC(=O)NCCc3ccccc3)nc1=O)CCCC2. The number of thioether (sulfide) groups is 1. The van der Waals surface area contributed by atoms with E-state index in [4.69, 9.17) is 0 Å². The van der Waals surface area contributed by atoms with E-state index >= 15 is 0 Å². The summed E-state index contributed by atoms with van der Waals surface area (Å²) in [7, 11) is 0. The minimum absolute atomic E-state index is 0.0157. The second kappa shape index (κ2) is 12.1. The summed E-state index contributed by atoms with van der Waals surface area (Å²) in [4.78, 5) is 31.8. The molecule has 1 aromatic carbocycles. The number of nitrogens with zero attached hydrogens (tertiary/aromatic N) is 3. The molecule has 0 radical (unpaired) electrons. The first kappa shape index (κ1) is 23.5. The summed E-state index contributed by atoms with van der Waals surface area (Å²) in [5.74, 6) is 0.273. The Balaban J connectivity index is 1.61. The number of aromatic nitrogens is 2. The van der Waals surface area contributed by atoms with E-state index in [9.17, 15) is 9.59 Å². The first-order chi connectivity index (χ1) is 15.1. The summed E-state index contributed by atoms with van der Waals surface area (Å²) in [5.41, 5.74) is 3.33. The van der Waals surface area contributed by atoms with Gasteiger partial charge in [0.2, 0.25) is 5.91 Å². The zero-order chi connectivity index (χ0) is 22.1. The third kappa shape index (κ3) is 6.68. The van der Waals surface area contributed by atoms with Gasteiger partial charge < -0.3 is 10.2 Å². The number of fused-ring (bicyclic) bond motifs is 1. The van der Waals surface area contributed by atoms with Crippen LogP contribution in [0.5, 0.6) is 0 Å². The molecule has 2 aromatic rings. The van der Waals surface area contributed by atoms with Crippen molar-refractivity contribution >= 4 is 17.7 Å². The Morgan fingerprint density at radius 3 is 2.65 bits per heavy atom. The largest absolute Gasteiger partial charge is 0.355 e. The summed E-state index contributed by atoms with van der Waals surface area (Å²) in [6.07, 6.45) is 4.88. The van der Waals surface area contributed by atoms with Crippen LogP contribution in [0.3, 0.4) is 0 Å². The van der Waals surface area contributed by atoms with Gasteiger partial charge in [-0.05, 0) is 50.8 Å². The van der Waals surface area contributed by atoms with E-state index in [1.165, 1.54) is 22.9 Å². The van der Waals surface area contributed by atoms with Gasteiger partial charge in [0.1, 0.15) is 5.03 Å². The average Bonchev–Trinajstić information content (AvgIpc) is 2.80. The highest BCUT2D eigenvalue weighted by Crippen LogP contribution is 2.28. The number of hydrogen-bond acceptors (Lipinski definition) is 5. The molecule has 0 fully saturated rings. The third-order valence-electron chi connectivity index (χ3n) is 5.90. The van der Waals surface area contributed by atoms with Gasteiger partial charge in [0.05, 0.1) is 5.75 Å². The Hall–Kier alpha value is -2.12. The summed E-state index contributed by atoms with van der Waals surface area (Å²) < 4.78 is 1.87. The summed E-state index contributed by atoms with van der Waals surface area (Å²) >= 11 is 1.40. The molecule has 0 saturated heterocycles. The summed E-state index contributed by atoms with van der Waals surface area (Å²) in [6, 6.07) is 10.1. The normalized spacial score (nSPS) is 13.3. The quantitative estimate of drug-likeness (QED) is 0.428. The van der Waals surface area contributed by atoms with Crippen molar-refractivity contribution in [2.45, 2.75) is 57.5 Å². The number of hydrogen-bond donors (Lipinski definition) is 1. The number of carbonyl (C=O) groups excluding carboxylic acids is 1. The van der Waals surface area contributed by atoms with Gasteiger partial charge in [0.15, 0.2) is 0 Å². The molecule has 0 atom stereocenters. The molecule has 1 N–H and O–H groups in total. The Morgan fingerprint density at radius 1 is 1.16 bits per heavy atom. The fraction of sp³-hybridized carbons (Fsp3) is 0.542. The van der Waals surface area contributed by atoms with Crippen molar-refractivity contribution in [3.63, 3.8) is 0 Å². The van der Waals surface area contributed by atoms with Crippen LogP contribution in [0.2, 0.25) is 0 Å². The lowest BCUT2D eigenvalue weighted by Crippen LogP contribution is -2.35. The fourth-order valence-corrected chi connectivity index (χ4v) is 4.96. The minimum Gasteiger partial charge on any atom is -0.355 e. The van der Waals surface area contributed by atoms with E-state index in [1.54, 1.807) is 0 Å². The molecule has 168 valence electrons. The molecule has 1 aliphatic carbocycles. The van der Waals surface area contributed by atoms with Crippen LogP contribution in [0.25, 0.3) is 0 Å². The van der Waals surface area contributed by atoms with Crippen molar-refractivity contribution in [2.24, 2.45) is 0 Å². The number of amides is 1. The fourth-order valence-electron chi connectivity index (χ4n) is 4.05. The summed E-state index contributed by atoms with van der Waals surface area (Å²) in [5, 5.41) is 3.72. The number of nitrogens with one attached hydrogen (secondary N) is 1. The van der Waals surface area contributed by atoms with Crippen LogP contribution in [0.4, 0.5) is 0 Å². The Morgan fingerprint density at radius 2 is 1.90 bits per heavy atom. The highest BCUT2D eigenvalue weighted by atomic mass is 32.2. The smallest absolute Gasteiger partial charge is 0.348 e. The number of rotatable bonds is 11. The van der Waals surface area contributed by atoms with E-state index in [0.717, 1.165) is 62.5 Å². The van der Waals surface area contributed by atoms with E-state index < -0.39 is 0 Å². The van der Waals surface area contributed by atoms with E-state index in [2.05, 4.69) is 41.2 Å². The van der Waals surface area contributed by atoms with Crippen LogP contribution >= 0.6 is 11.8 Å². The van der Waals surface area contributed by atoms with Gasteiger partial charge in [0.25, 0.3) is 0 Å². The van der Waals surface area contributed by atoms with Crippen LogP contribution in [0, 0.1) is 0 Å². The molecule has 0 spiro atoms. The molecule has 1 aliphatic rings. The molecule has 6 nitrogen and oxygen atoms in total.